The highest BCUT2D eigenvalue weighted by atomic mass is 16.5. The summed E-state index contributed by atoms with van der Waals surface area (Å²) in [4.78, 5) is 13.5. The van der Waals surface area contributed by atoms with Gasteiger partial charge in [-0.1, -0.05) is 6.92 Å². The molecule has 1 aliphatic rings. The van der Waals surface area contributed by atoms with Crippen molar-refractivity contribution in [2.75, 3.05) is 20.8 Å². The number of carbonyl (C=O) groups is 1. The maximum Gasteiger partial charge on any atom is 0.320 e. The monoisotopic (exact) mass is 293 g/mol. The minimum absolute atomic E-state index is 0.0265. The molecule has 0 amide bonds. The number of hydrogen-bond donors (Lipinski definition) is 1. The van der Waals surface area contributed by atoms with Gasteiger partial charge in [0.05, 0.1) is 14.2 Å². The number of carboxylic acid groups (broad SMARTS) is 1. The molecule has 1 N–H and O–H groups in total. The topological polar surface area (TPSA) is 59.0 Å². The Balaban J connectivity index is 2.38. The second-order valence-electron chi connectivity index (χ2n) is 5.27. The fourth-order valence-corrected chi connectivity index (χ4v) is 3.16. The van der Waals surface area contributed by atoms with Crippen LogP contribution < -0.4 is 9.47 Å². The van der Waals surface area contributed by atoms with Crippen molar-refractivity contribution in [1.29, 1.82) is 0 Å². The maximum atomic E-state index is 11.4. The minimum atomic E-state index is -0.743. The second kappa shape index (κ2) is 6.80. The lowest BCUT2D eigenvalue weighted by Gasteiger charge is -2.31. The largest absolute Gasteiger partial charge is 0.497 e. The summed E-state index contributed by atoms with van der Waals surface area (Å²) in [6.07, 6.45) is 2.45. The molecule has 2 rings (SSSR count). The number of carboxylic acids is 1. The van der Waals surface area contributed by atoms with Crippen LogP contribution in [0.2, 0.25) is 0 Å². The lowest BCUT2D eigenvalue weighted by molar-refractivity contribution is -0.143. The molecule has 0 aromatic heterocycles. The molecule has 1 aromatic rings. The Morgan fingerprint density at radius 1 is 1.43 bits per heavy atom. The van der Waals surface area contributed by atoms with Gasteiger partial charge in [0.1, 0.15) is 17.5 Å². The standard InChI is InChI=1S/C16H23NO4/c1-4-13(17-9-5-6-14(17)16(18)19)12-10-11(20-2)7-8-15(12)21-3/h7-8,10,13-14H,4-6,9H2,1-3H3,(H,18,19). The zero-order valence-electron chi connectivity index (χ0n) is 12.8. The van der Waals surface area contributed by atoms with E-state index in [9.17, 15) is 9.90 Å². The summed E-state index contributed by atoms with van der Waals surface area (Å²) in [6, 6.07) is 5.30. The third-order valence-electron chi connectivity index (χ3n) is 4.16. The highest BCUT2D eigenvalue weighted by molar-refractivity contribution is 5.74. The molecule has 21 heavy (non-hydrogen) atoms. The molecular formula is C16H23NO4. The summed E-state index contributed by atoms with van der Waals surface area (Å²) >= 11 is 0. The molecule has 0 radical (unpaired) electrons. The summed E-state index contributed by atoms with van der Waals surface area (Å²) < 4.78 is 10.7. The number of nitrogens with zero attached hydrogens (tertiary/aromatic N) is 1. The summed E-state index contributed by atoms with van der Waals surface area (Å²) in [5, 5.41) is 9.40. The first kappa shape index (κ1) is 15.6. The Morgan fingerprint density at radius 3 is 2.76 bits per heavy atom. The van der Waals surface area contributed by atoms with Gasteiger partial charge in [-0.25, -0.2) is 0 Å². The molecule has 1 saturated heterocycles. The van der Waals surface area contributed by atoms with Crippen molar-refractivity contribution in [2.24, 2.45) is 0 Å². The summed E-state index contributed by atoms with van der Waals surface area (Å²) in [6.45, 7) is 2.87. The number of ether oxygens (including phenoxy) is 2. The van der Waals surface area contributed by atoms with Crippen molar-refractivity contribution < 1.29 is 19.4 Å². The first-order valence-electron chi connectivity index (χ1n) is 7.32. The molecule has 5 heteroatoms. The van der Waals surface area contributed by atoms with Crippen LogP contribution >= 0.6 is 0 Å². The van der Waals surface area contributed by atoms with Crippen LogP contribution in [-0.4, -0.2) is 42.8 Å². The Morgan fingerprint density at radius 2 is 2.19 bits per heavy atom. The van der Waals surface area contributed by atoms with Crippen LogP contribution in [0.4, 0.5) is 0 Å². The van der Waals surface area contributed by atoms with Gasteiger partial charge in [0.25, 0.3) is 0 Å². The lowest BCUT2D eigenvalue weighted by atomic mass is 10.00. The molecule has 2 atom stereocenters. The van der Waals surface area contributed by atoms with E-state index < -0.39 is 12.0 Å². The van der Waals surface area contributed by atoms with Crippen LogP contribution in [0.1, 0.15) is 37.8 Å². The highest BCUT2D eigenvalue weighted by Crippen LogP contribution is 2.38. The minimum Gasteiger partial charge on any atom is -0.497 e. The Hall–Kier alpha value is -1.75. The van der Waals surface area contributed by atoms with Gasteiger partial charge in [0.2, 0.25) is 0 Å². The fourth-order valence-electron chi connectivity index (χ4n) is 3.16. The van der Waals surface area contributed by atoms with Crippen LogP contribution in [0, 0.1) is 0 Å². The summed E-state index contributed by atoms with van der Waals surface area (Å²) in [7, 11) is 3.26. The normalized spacial score (nSPS) is 20.2. The number of methoxy groups -OCH3 is 2. The van der Waals surface area contributed by atoms with Crippen molar-refractivity contribution in [3.8, 4) is 11.5 Å². The average Bonchev–Trinajstić information content (AvgIpc) is 2.97. The van der Waals surface area contributed by atoms with E-state index in [2.05, 4.69) is 11.8 Å². The number of rotatable bonds is 6. The van der Waals surface area contributed by atoms with Crippen molar-refractivity contribution in [3.63, 3.8) is 0 Å². The van der Waals surface area contributed by atoms with Crippen molar-refractivity contribution in [3.05, 3.63) is 23.8 Å². The van der Waals surface area contributed by atoms with Crippen LogP contribution in [0.25, 0.3) is 0 Å². The summed E-state index contributed by atoms with van der Waals surface area (Å²) in [5.74, 6) is 0.793. The van der Waals surface area contributed by atoms with Gasteiger partial charge < -0.3 is 14.6 Å². The van der Waals surface area contributed by atoms with E-state index in [1.165, 1.54) is 0 Å². The molecule has 5 nitrogen and oxygen atoms in total. The van der Waals surface area contributed by atoms with Crippen LogP contribution in [0.5, 0.6) is 11.5 Å². The van der Waals surface area contributed by atoms with E-state index in [4.69, 9.17) is 9.47 Å². The van der Waals surface area contributed by atoms with Gasteiger partial charge in [-0.2, -0.15) is 0 Å². The number of benzene rings is 1. The molecule has 1 aliphatic heterocycles. The zero-order valence-corrected chi connectivity index (χ0v) is 12.8. The van der Waals surface area contributed by atoms with Crippen LogP contribution in [-0.2, 0) is 4.79 Å². The molecule has 0 spiro atoms. The average molecular weight is 293 g/mol. The molecule has 116 valence electrons. The number of hydrogen-bond acceptors (Lipinski definition) is 4. The molecular weight excluding hydrogens is 270 g/mol. The van der Waals surface area contributed by atoms with Crippen LogP contribution in [0.15, 0.2) is 18.2 Å². The molecule has 0 aliphatic carbocycles. The SMILES string of the molecule is CCC(c1cc(OC)ccc1OC)N1CCCC1C(=O)O. The van der Waals surface area contributed by atoms with Gasteiger partial charge >= 0.3 is 5.97 Å². The fraction of sp³-hybridized carbons (Fsp3) is 0.562. The third-order valence-corrected chi connectivity index (χ3v) is 4.16. The summed E-state index contributed by atoms with van der Waals surface area (Å²) in [5.41, 5.74) is 0.993. The van der Waals surface area contributed by atoms with Gasteiger partial charge in [-0.15, -0.1) is 0 Å². The first-order valence-corrected chi connectivity index (χ1v) is 7.32. The molecule has 1 fully saturated rings. The van der Waals surface area contributed by atoms with Gasteiger partial charge in [0, 0.05) is 11.6 Å². The van der Waals surface area contributed by atoms with Gasteiger partial charge in [-0.3, -0.25) is 9.69 Å². The smallest absolute Gasteiger partial charge is 0.320 e. The van der Waals surface area contributed by atoms with Crippen molar-refractivity contribution in [1.82, 2.24) is 4.90 Å². The molecule has 0 bridgehead atoms. The predicted octanol–water partition coefficient (Wildman–Crippen LogP) is 2.70. The Kier molecular flexibility index (Phi) is 5.07. The van der Waals surface area contributed by atoms with Gasteiger partial charge in [-0.05, 0) is 44.0 Å². The molecule has 1 aromatic carbocycles. The Bertz CT molecular complexity index is 503. The molecule has 1 heterocycles. The highest BCUT2D eigenvalue weighted by Gasteiger charge is 2.36. The first-order chi connectivity index (χ1) is 10.1. The number of likely N-dealkylation sites (tertiary alicyclic amines) is 1. The maximum absolute atomic E-state index is 11.4. The quantitative estimate of drug-likeness (QED) is 0.874. The van der Waals surface area contributed by atoms with Crippen molar-refractivity contribution >= 4 is 5.97 Å². The van der Waals surface area contributed by atoms with E-state index >= 15 is 0 Å². The lowest BCUT2D eigenvalue weighted by Crippen LogP contribution is -2.38. The van der Waals surface area contributed by atoms with E-state index in [1.807, 2.05) is 18.2 Å². The second-order valence-corrected chi connectivity index (χ2v) is 5.27. The molecule has 2 unspecified atom stereocenters. The zero-order chi connectivity index (χ0) is 15.4. The van der Waals surface area contributed by atoms with E-state index in [1.54, 1.807) is 14.2 Å². The van der Waals surface area contributed by atoms with E-state index in [0.717, 1.165) is 36.4 Å². The Labute approximate surface area is 125 Å². The number of aliphatic carboxylic acids is 1. The third kappa shape index (κ3) is 3.13. The predicted molar refractivity (Wildman–Crippen MR) is 79.9 cm³/mol. The van der Waals surface area contributed by atoms with Crippen molar-refractivity contribution in [2.45, 2.75) is 38.3 Å². The van der Waals surface area contributed by atoms with E-state index in [-0.39, 0.29) is 6.04 Å². The van der Waals surface area contributed by atoms with E-state index in [0.29, 0.717) is 6.42 Å². The van der Waals surface area contributed by atoms with Crippen LogP contribution in [0.3, 0.4) is 0 Å². The molecule has 0 saturated carbocycles. The van der Waals surface area contributed by atoms with Gasteiger partial charge in [0.15, 0.2) is 0 Å².